The Labute approximate surface area is 114 Å². The minimum absolute atomic E-state index is 0.0349. The van der Waals surface area contributed by atoms with Gasteiger partial charge < -0.3 is 5.32 Å². The third-order valence-electron chi connectivity index (χ3n) is 3.75. The second kappa shape index (κ2) is 5.35. The predicted octanol–water partition coefficient (Wildman–Crippen LogP) is 2.94. The van der Waals surface area contributed by atoms with Crippen molar-refractivity contribution < 1.29 is 4.79 Å². The molecule has 0 aromatic heterocycles. The van der Waals surface area contributed by atoms with Gasteiger partial charge in [0, 0.05) is 5.54 Å². The van der Waals surface area contributed by atoms with Crippen LogP contribution in [0, 0.1) is 6.92 Å². The van der Waals surface area contributed by atoms with Gasteiger partial charge in [0.25, 0.3) is 0 Å². The van der Waals surface area contributed by atoms with Crippen molar-refractivity contribution in [3.05, 3.63) is 35.4 Å². The molecule has 1 aliphatic carbocycles. The van der Waals surface area contributed by atoms with E-state index in [4.69, 9.17) is 0 Å². The quantitative estimate of drug-likeness (QED) is 0.885. The fourth-order valence-corrected chi connectivity index (χ4v) is 2.41. The van der Waals surface area contributed by atoms with Gasteiger partial charge in [-0.2, -0.15) is 11.8 Å². The van der Waals surface area contributed by atoms with Gasteiger partial charge in [-0.15, -0.1) is 0 Å². The lowest BCUT2D eigenvalue weighted by atomic mass is 9.99. The lowest BCUT2D eigenvalue weighted by Crippen LogP contribution is -2.42. The van der Waals surface area contributed by atoms with Crippen molar-refractivity contribution in [1.82, 2.24) is 5.32 Å². The minimum atomic E-state index is 0.0349. The molecular formula is C15H21NOS. The van der Waals surface area contributed by atoms with Gasteiger partial charge in [0.05, 0.1) is 5.25 Å². The average Bonchev–Trinajstić information content (AvgIpc) is 3.11. The van der Waals surface area contributed by atoms with Gasteiger partial charge in [0.1, 0.15) is 0 Å². The largest absolute Gasteiger partial charge is 0.349 e. The molecule has 0 aliphatic heterocycles. The number of carbonyl (C=O) groups excluding carboxylic acids is 1. The zero-order chi connectivity index (χ0) is 13.2. The van der Waals surface area contributed by atoms with Gasteiger partial charge in [0.2, 0.25) is 5.91 Å². The van der Waals surface area contributed by atoms with Crippen LogP contribution in [-0.4, -0.2) is 23.0 Å². The fourth-order valence-electron chi connectivity index (χ4n) is 2.14. The zero-order valence-corrected chi connectivity index (χ0v) is 12.1. The second-order valence-corrected chi connectivity index (χ2v) is 6.43. The predicted molar refractivity (Wildman–Crippen MR) is 78.0 cm³/mol. The molecule has 1 saturated carbocycles. The second-order valence-electron chi connectivity index (χ2n) is 5.25. The lowest BCUT2D eigenvalue weighted by Gasteiger charge is -2.20. The number of thioether (sulfide) groups is 1. The summed E-state index contributed by atoms with van der Waals surface area (Å²) in [5.41, 5.74) is 2.70. The Morgan fingerprint density at radius 1 is 1.44 bits per heavy atom. The van der Waals surface area contributed by atoms with E-state index in [1.165, 1.54) is 11.1 Å². The first-order valence-electron chi connectivity index (χ1n) is 6.46. The summed E-state index contributed by atoms with van der Waals surface area (Å²) >= 11 is 1.60. The highest BCUT2D eigenvalue weighted by atomic mass is 32.2. The van der Waals surface area contributed by atoms with Gasteiger partial charge in [-0.1, -0.05) is 24.3 Å². The number of carbonyl (C=O) groups is 1. The molecular weight excluding hydrogens is 242 g/mol. The average molecular weight is 263 g/mol. The number of amides is 1. The van der Waals surface area contributed by atoms with Crippen molar-refractivity contribution in [2.75, 3.05) is 6.26 Å². The molecule has 1 amide bonds. The van der Waals surface area contributed by atoms with Crippen LogP contribution in [0.5, 0.6) is 0 Å². The zero-order valence-electron chi connectivity index (χ0n) is 11.3. The Hall–Kier alpha value is -0.960. The van der Waals surface area contributed by atoms with Crippen LogP contribution in [0.3, 0.4) is 0 Å². The van der Waals surface area contributed by atoms with Crippen LogP contribution < -0.4 is 5.32 Å². The standard InChI is InChI=1S/C15H21NOS/c1-11-6-4-5-7-13(11)10-15(8-9-15)16-14(17)12(2)18-3/h4-7,12H,8-10H2,1-3H3,(H,16,17)/t12-/m1/s1. The molecule has 1 aromatic rings. The molecule has 0 spiro atoms. The van der Waals surface area contributed by atoms with E-state index in [0.29, 0.717) is 0 Å². The van der Waals surface area contributed by atoms with E-state index < -0.39 is 0 Å². The molecule has 1 fully saturated rings. The monoisotopic (exact) mass is 263 g/mol. The highest BCUT2D eigenvalue weighted by Gasteiger charge is 2.44. The van der Waals surface area contributed by atoms with Crippen molar-refractivity contribution in [3.8, 4) is 0 Å². The van der Waals surface area contributed by atoms with E-state index >= 15 is 0 Å². The van der Waals surface area contributed by atoms with E-state index in [1.807, 2.05) is 13.2 Å². The topological polar surface area (TPSA) is 29.1 Å². The molecule has 3 heteroatoms. The number of hydrogen-bond donors (Lipinski definition) is 1. The molecule has 0 saturated heterocycles. The smallest absolute Gasteiger partial charge is 0.233 e. The highest BCUT2D eigenvalue weighted by molar-refractivity contribution is 7.99. The summed E-state index contributed by atoms with van der Waals surface area (Å²) in [4.78, 5) is 12.0. The van der Waals surface area contributed by atoms with Crippen molar-refractivity contribution in [2.45, 2.75) is 43.9 Å². The summed E-state index contributed by atoms with van der Waals surface area (Å²) in [5.74, 6) is 0.175. The van der Waals surface area contributed by atoms with Gasteiger partial charge in [-0.3, -0.25) is 4.79 Å². The van der Waals surface area contributed by atoms with Crippen LogP contribution in [0.15, 0.2) is 24.3 Å². The van der Waals surface area contributed by atoms with Crippen LogP contribution in [0.1, 0.15) is 30.9 Å². The maximum atomic E-state index is 12.0. The summed E-state index contributed by atoms with van der Waals surface area (Å²) < 4.78 is 0. The molecule has 0 radical (unpaired) electrons. The minimum Gasteiger partial charge on any atom is -0.349 e. The normalized spacial score (nSPS) is 18.2. The third-order valence-corrected chi connectivity index (χ3v) is 4.68. The Kier molecular flexibility index (Phi) is 4.00. The first kappa shape index (κ1) is 13.5. The number of rotatable bonds is 5. The summed E-state index contributed by atoms with van der Waals surface area (Å²) in [7, 11) is 0. The molecule has 2 rings (SSSR count). The molecule has 98 valence electrons. The van der Waals surface area contributed by atoms with Crippen molar-refractivity contribution in [3.63, 3.8) is 0 Å². The number of hydrogen-bond acceptors (Lipinski definition) is 2. The van der Waals surface area contributed by atoms with E-state index in [-0.39, 0.29) is 16.7 Å². The van der Waals surface area contributed by atoms with E-state index in [0.717, 1.165) is 19.3 Å². The lowest BCUT2D eigenvalue weighted by molar-refractivity contribution is -0.121. The molecule has 2 nitrogen and oxygen atoms in total. The first-order chi connectivity index (χ1) is 8.56. The van der Waals surface area contributed by atoms with Crippen molar-refractivity contribution >= 4 is 17.7 Å². The Morgan fingerprint density at radius 3 is 2.67 bits per heavy atom. The first-order valence-corrected chi connectivity index (χ1v) is 7.74. The number of aryl methyl sites for hydroxylation is 1. The van der Waals surface area contributed by atoms with Crippen LogP contribution in [0.2, 0.25) is 0 Å². The van der Waals surface area contributed by atoms with Gasteiger partial charge in [-0.05, 0) is 50.5 Å². The molecule has 1 atom stereocenters. The van der Waals surface area contributed by atoms with Crippen LogP contribution in [0.4, 0.5) is 0 Å². The Bertz CT molecular complexity index is 440. The SMILES string of the molecule is CS[C@H](C)C(=O)NC1(Cc2ccccc2C)CC1. The molecule has 1 aliphatic rings. The summed E-state index contributed by atoms with van der Waals surface area (Å²) in [6.45, 7) is 4.10. The van der Waals surface area contributed by atoms with E-state index in [2.05, 4.69) is 36.5 Å². The van der Waals surface area contributed by atoms with Gasteiger partial charge in [-0.25, -0.2) is 0 Å². The summed E-state index contributed by atoms with van der Waals surface area (Å²) in [6.07, 6.45) is 5.15. The maximum Gasteiger partial charge on any atom is 0.233 e. The number of benzene rings is 1. The van der Waals surface area contributed by atoms with Crippen molar-refractivity contribution in [2.24, 2.45) is 0 Å². The molecule has 1 aromatic carbocycles. The molecule has 1 N–H and O–H groups in total. The Balaban J connectivity index is 2.01. The Morgan fingerprint density at radius 2 is 2.11 bits per heavy atom. The third kappa shape index (κ3) is 3.08. The van der Waals surface area contributed by atoms with Crippen LogP contribution in [0.25, 0.3) is 0 Å². The number of nitrogens with one attached hydrogen (secondary N) is 1. The van der Waals surface area contributed by atoms with Crippen molar-refractivity contribution in [1.29, 1.82) is 0 Å². The van der Waals surface area contributed by atoms with Crippen LogP contribution >= 0.6 is 11.8 Å². The van der Waals surface area contributed by atoms with Gasteiger partial charge in [0.15, 0.2) is 0 Å². The molecule has 18 heavy (non-hydrogen) atoms. The van der Waals surface area contributed by atoms with Gasteiger partial charge >= 0.3 is 0 Å². The van der Waals surface area contributed by atoms with E-state index in [9.17, 15) is 4.79 Å². The molecule has 0 bridgehead atoms. The summed E-state index contributed by atoms with van der Waals surface area (Å²) in [5, 5.41) is 3.28. The molecule has 0 unspecified atom stereocenters. The maximum absolute atomic E-state index is 12.0. The van der Waals surface area contributed by atoms with E-state index in [1.54, 1.807) is 11.8 Å². The molecule has 0 heterocycles. The fraction of sp³-hybridized carbons (Fsp3) is 0.533. The van der Waals surface area contributed by atoms with Crippen LogP contribution in [-0.2, 0) is 11.2 Å². The highest BCUT2D eigenvalue weighted by Crippen LogP contribution is 2.39. The summed E-state index contributed by atoms with van der Waals surface area (Å²) in [6, 6.07) is 8.44.